The maximum Gasteiger partial charge on any atom is 0.205 e. The lowest BCUT2D eigenvalue weighted by molar-refractivity contribution is 0.104. The molecule has 3 aromatic rings. The van der Waals surface area contributed by atoms with Gasteiger partial charge in [-0.25, -0.2) is 4.98 Å². The number of ether oxygens (including phenoxy) is 1. The van der Waals surface area contributed by atoms with Gasteiger partial charge in [-0.2, -0.15) is 0 Å². The van der Waals surface area contributed by atoms with Gasteiger partial charge in [0, 0.05) is 22.1 Å². The monoisotopic (exact) mass is 340 g/mol. The van der Waals surface area contributed by atoms with Gasteiger partial charge in [-0.3, -0.25) is 4.79 Å². The minimum atomic E-state index is -0.0875. The number of pyridine rings is 1. The van der Waals surface area contributed by atoms with Gasteiger partial charge in [-0.15, -0.1) is 11.3 Å². The Bertz CT molecular complexity index is 906. The van der Waals surface area contributed by atoms with Gasteiger partial charge in [0.1, 0.15) is 15.5 Å². The molecule has 0 saturated heterocycles. The normalized spacial score (nSPS) is 11.7. The van der Waals surface area contributed by atoms with Crippen LogP contribution in [-0.2, 0) is 5.41 Å². The molecule has 0 radical (unpaired) electrons. The second-order valence-electron chi connectivity index (χ2n) is 6.70. The topological polar surface area (TPSA) is 65.2 Å². The van der Waals surface area contributed by atoms with Crippen LogP contribution in [0.25, 0.3) is 10.2 Å². The Morgan fingerprint density at radius 2 is 1.79 bits per heavy atom. The zero-order chi connectivity index (χ0) is 17.5. The van der Waals surface area contributed by atoms with Crippen molar-refractivity contribution in [3.63, 3.8) is 0 Å². The third kappa shape index (κ3) is 2.87. The number of carbonyl (C=O) groups excluding carboxylic acids is 1. The van der Waals surface area contributed by atoms with Gasteiger partial charge < -0.3 is 10.5 Å². The number of rotatable bonds is 3. The molecule has 0 aliphatic rings. The molecule has 124 valence electrons. The number of aromatic nitrogens is 1. The predicted molar refractivity (Wildman–Crippen MR) is 99.2 cm³/mol. The standard InChI is InChI=1S/C19H20N2O2S/c1-19(2,3)14-10-9-13-15(20)17(24-18(13)21-14)16(22)11-5-7-12(23-4)8-6-11/h5-10H,20H2,1-4H3. The van der Waals surface area contributed by atoms with Gasteiger partial charge in [0.05, 0.1) is 12.8 Å². The van der Waals surface area contributed by atoms with E-state index < -0.39 is 0 Å². The second kappa shape index (κ2) is 5.91. The third-order valence-electron chi connectivity index (χ3n) is 3.92. The quantitative estimate of drug-likeness (QED) is 0.717. The Morgan fingerprint density at radius 1 is 1.12 bits per heavy atom. The van der Waals surface area contributed by atoms with Crippen molar-refractivity contribution in [2.24, 2.45) is 0 Å². The summed E-state index contributed by atoms with van der Waals surface area (Å²) in [5.74, 6) is 0.628. The molecule has 0 amide bonds. The molecular weight excluding hydrogens is 320 g/mol. The molecule has 0 spiro atoms. The predicted octanol–water partition coefficient (Wildman–Crippen LogP) is 4.42. The van der Waals surface area contributed by atoms with Crippen LogP contribution >= 0.6 is 11.3 Å². The van der Waals surface area contributed by atoms with E-state index in [4.69, 9.17) is 15.5 Å². The molecule has 3 rings (SSSR count). The van der Waals surface area contributed by atoms with Gasteiger partial charge in [-0.05, 0) is 36.4 Å². The minimum absolute atomic E-state index is 0.0485. The van der Waals surface area contributed by atoms with Crippen LogP contribution in [0.2, 0.25) is 0 Å². The van der Waals surface area contributed by atoms with Crippen molar-refractivity contribution in [2.45, 2.75) is 26.2 Å². The summed E-state index contributed by atoms with van der Waals surface area (Å²) in [5, 5.41) is 0.838. The van der Waals surface area contributed by atoms with Gasteiger partial charge in [0.25, 0.3) is 0 Å². The van der Waals surface area contributed by atoms with E-state index in [1.54, 1.807) is 31.4 Å². The molecular formula is C19H20N2O2S. The fourth-order valence-corrected chi connectivity index (χ4v) is 3.51. The van der Waals surface area contributed by atoms with E-state index in [2.05, 4.69) is 20.8 Å². The molecule has 1 aromatic carbocycles. The van der Waals surface area contributed by atoms with Crippen LogP contribution in [0.3, 0.4) is 0 Å². The van der Waals surface area contributed by atoms with Gasteiger partial charge >= 0.3 is 0 Å². The van der Waals surface area contributed by atoms with E-state index in [0.717, 1.165) is 15.9 Å². The number of methoxy groups -OCH3 is 1. The number of fused-ring (bicyclic) bond motifs is 1. The van der Waals surface area contributed by atoms with Crippen LogP contribution in [0.15, 0.2) is 36.4 Å². The number of nitrogens with two attached hydrogens (primary N) is 1. The first-order valence-electron chi connectivity index (χ1n) is 7.69. The maximum absolute atomic E-state index is 12.8. The van der Waals surface area contributed by atoms with E-state index in [1.807, 2.05) is 12.1 Å². The highest BCUT2D eigenvalue weighted by molar-refractivity contribution is 7.21. The molecule has 0 fully saturated rings. The van der Waals surface area contributed by atoms with Crippen molar-refractivity contribution in [1.29, 1.82) is 0 Å². The lowest BCUT2D eigenvalue weighted by Crippen LogP contribution is -2.12. The number of hydrogen-bond donors (Lipinski definition) is 1. The fraction of sp³-hybridized carbons (Fsp3) is 0.263. The lowest BCUT2D eigenvalue weighted by Gasteiger charge is -2.17. The van der Waals surface area contributed by atoms with Crippen LogP contribution in [0.5, 0.6) is 5.75 Å². The van der Waals surface area contributed by atoms with E-state index in [9.17, 15) is 4.79 Å². The number of nitrogens with zero attached hydrogens (tertiary/aromatic N) is 1. The largest absolute Gasteiger partial charge is 0.497 e. The molecule has 4 nitrogen and oxygen atoms in total. The highest BCUT2D eigenvalue weighted by atomic mass is 32.1. The van der Waals surface area contributed by atoms with Crippen molar-refractivity contribution in [3.05, 3.63) is 52.5 Å². The number of ketones is 1. The highest BCUT2D eigenvalue weighted by Crippen LogP contribution is 2.35. The molecule has 2 aromatic heterocycles. The average molecular weight is 340 g/mol. The van der Waals surface area contributed by atoms with Crippen LogP contribution in [-0.4, -0.2) is 17.9 Å². The number of nitrogen functional groups attached to an aromatic ring is 1. The Labute approximate surface area is 145 Å². The van der Waals surface area contributed by atoms with E-state index in [1.165, 1.54) is 11.3 Å². The van der Waals surface area contributed by atoms with Crippen molar-refractivity contribution in [1.82, 2.24) is 4.98 Å². The molecule has 24 heavy (non-hydrogen) atoms. The van der Waals surface area contributed by atoms with Gasteiger partial charge in [-0.1, -0.05) is 20.8 Å². The summed E-state index contributed by atoms with van der Waals surface area (Å²) in [4.78, 5) is 18.8. The number of benzene rings is 1. The summed E-state index contributed by atoms with van der Waals surface area (Å²) in [5.41, 5.74) is 8.25. The molecule has 0 atom stereocenters. The van der Waals surface area contributed by atoms with E-state index >= 15 is 0 Å². The van der Waals surface area contributed by atoms with Crippen LogP contribution in [0, 0.1) is 0 Å². The molecule has 0 aliphatic heterocycles. The molecule has 2 N–H and O–H groups in total. The maximum atomic E-state index is 12.8. The summed E-state index contributed by atoms with van der Waals surface area (Å²) in [6, 6.07) is 11.0. The summed E-state index contributed by atoms with van der Waals surface area (Å²) in [6.45, 7) is 6.34. The first-order valence-corrected chi connectivity index (χ1v) is 8.51. The van der Waals surface area contributed by atoms with E-state index in [-0.39, 0.29) is 11.2 Å². The van der Waals surface area contributed by atoms with Crippen molar-refractivity contribution >= 4 is 33.0 Å². The molecule has 5 heteroatoms. The average Bonchev–Trinajstić information content (AvgIpc) is 2.90. The smallest absolute Gasteiger partial charge is 0.205 e. The second-order valence-corrected chi connectivity index (χ2v) is 7.70. The summed E-state index contributed by atoms with van der Waals surface area (Å²) in [7, 11) is 1.60. The van der Waals surface area contributed by atoms with Crippen molar-refractivity contribution < 1.29 is 9.53 Å². The van der Waals surface area contributed by atoms with Crippen LogP contribution in [0.1, 0.15) is 41.7 Å². The zero-order valence-corrected chi connectivity index (χ0v) is 15.0. The Balaban J connectivity index is 2.05. The number of anilines is 1. The first kappa shape index (κ1) is 16.5. The molecule has 0 bridgehead atoms. The van der Waals surface area contributed by atoms with Crippen molar-refractivity contribution in [3.8, 4) is 5.75 Å². The Hall–Kier alpha value is -2.40. The SMILES string of the molecule is COc1ccc(C(=O)c2sc3nc(C(C)(C)C)ccc3c2N)cc1. The molecule has 0 saturated carbocycles. The zero-order valence-electron chi connectivity index (χ0n) is 14.2. The first-order chi connectivity index (χ1) is 11.3. The minimum Gasteiger partial charge on any atom is -0.497 e. The Kier molecular flexibility index (Phi) is 4.05. The van der Waals surface area contributed by atoms with Gasteiger partial charge in [0.15, 0.2) is 0 Å². The number of carbonyl (C=O) groups is 1. The van der Waals surface area contributed by atoms with Crippen molar-refractivity contribution in [2.75, 3.05) is 12.8 Å². The third-order valence-corrected chi connectivity index (χ3v) is 5.03. The summed E-state index contributed by atoms with van der Waals surface area (Å²) >= 11 is 1.35. The molecule has 0 aliphatic carbocycles. The van der Waals surface area contributed by atoms with Crippen LogP contribution < -0.4 is 10.5 Å². The fourth-order valence-electron chi connectivity index (χ4n) is 2.46. The lowest BCUT2D eigenvalue weighted by atomic mass is 9.91. The molecule has 0 unspecified atom stereocenters. The highest BCUT2D eigenvalue weighted by Gasteiger charge is 2.21. The van der Waals surface area contributed by atoms with Gasteiger partial charge in [0.2, 0.25) is 5.78 Å². The molecule has 2 heterocycles. The Morgan fingerprint density at radius 3 is 2.38 bits per heavy atom. The summed E-state index contributed by atoms with van der Waals surface area (Å²) in [6.07, 6.45) is 0. The van der Waals surface area contributed by atoms with E-state index in [0.29, 0.717) is 21.9 Å². The number of hydrogen-bond acceptors (Lipinski definition) is 5. The number of thiophene rings is 1. The van der Waals surface area contributed by atoms with Crippen LogP contribution in [0.4, 0.5) is 5.69 Å². The summed E-state index contributed by atoms with van der Waals surface area (Å²) < 4.78 is 5.13.